The van der Waals surface area contributed by atoms with Crippen molar-refractivity contribution in [3.63, 3.8) is 0 Å². The summed E-state index contributed by atoms with van der Waals surface area (Å²) in [5.41, 5.74) is 0. The minimum atomic E-state index is -3.19. The van der Waals surface area contributed by atoms with Crippen molar-refractivity contribution in [2.75, 3.05) is 24.8 Å². The third-order valence-electron chi connectivity index (χ3n) is 1.50. The van der Waals surface area contributed by atoms with E-state index in [9.17, 15) is 8.42 Å². The van der Waals surface area contributed by atoms with Crippen LogP contribution in [-0.2, 0) is 14.8 Å². The van der Waals surface area contributed by atoms with Crippen molar-refractivity contribution in [2.45, 2.75) is 26.3 Å². The van der Waals surface area contributed by atoms with E-state index >= 15 is 0 Å². The Hall–Kier alpha value is 0.160. The number of alkyl halides is 1. The predicted octanol–water partition coefficient (Wildman–Crippen LogP) is 0.960. The van der Waals surface area contributed by atoms with Gasteiger partial charge in [0, 0.05) is 18.5 Å². The van der Waals surface area contributed by atoms with Gasteiger partial charge in [0.25, 0.3) is 0 Å². The molecule has 0 radical (unpaired) electrons. The third-order valence-corrected chi connectivity index (χ3v) is 3.35. The second-order valence-electron chi connectivity index (χ2n) is 3.04. The monoisotopic (exact) mass is 243 g/mol. The maximum atomic E-state index is 11.3. The van der Waals surface area contributed by atoms with Crippen LogP contribution in [0.3, 0.4) is 0 Å². The van der Waals surface area contributed by atoms with Gasteiger partial charge in [0.05, 0.1) is 12.4 Å². The quantitative estimate of drug-likeness (QED) is 0.646. The molecular weight excluding hydrogens is 226 g/mol. The van der Waals surface area contributed by atoms with Crippen LogP contribution >= 0.6 is 11.6 Å². The summed E-state index contributed by atoms with van der Waals surface area (Å²) in [6.07, 6.45) is 0.470. The van der Waals surface area contributed by atoms with Gasteiger partial charge in [-0.15, -0.1) is 11.6 Å². The summed E-state index contributed by atoms with van der Waals surface area (Å²) in [6.45, 7) is 4.63. The topological polar surface area (TPSA) is 55.4 Å². The molecule has 1 atom stereocenters. The van der Waals surface area contributed by atoms with Gasteiger partial charge in [0.2, 0.25) is 10.0 Å². The predicted molar refractivity (Wildman–Crippen MR) is 58.2 cm³/mol. The molecule has 0 aromatic heterocycles. The molecule has 86 valence electrons. The highest BCUT2D eigenvalue weighted by Crippen LogP contribution is 1.95. The minimum Gasteiger partial charge on any atom is -0.380 e. The van der Waals surface area contributed by atoms with Gasteiger partial charge in [-0.3, -0.25) is 0 Å². The van der Waals surface area contributed by atoms with Crippen molar-refractivity contribution >= 4 is 21.6 Å². The van der Waals surface area contributed by atoms with Crippen molar-refractivity contribution in [1.29, 1.82) is 0 Å². The fourth-order valence-electron chi connectivity index (χ4n) is 0.939. The first-order valence-electron chi connectivity index (χ1n) is 4.65. The summed E-state index contributed by atoms with van der Waals surface area (Å²) in [4.78, 5) is 0. The molecule has 0 aromatic rings. The maximum Gasteiger partial charge on any atom is 0.211 e. The van der Waals surface area contributed by atoms with E-state index in [0.717, 1.165) is 0 Å². The number of halogens is 1. The molecule has 0 aromatic carbocycles. The van der Waals surface area contributed by atoms with Crippen LogP contribution in [0.5, 0.6) is 0 Å². The SMILES string of the molecule is CCOCC(C)NS(=O)(=O)CCCCl. The Balaban J connectivity index is 3.83. The number of ether oxygens (including phenoxy) is 1. The van der Waals surface area contributed by atoms with Crippen LogP contribution in [0, 0.1) is 0 Å². The molecule has 0 aliphatic carbocycles. The zero-order valence-corrected chi connectivity index (χ0v) is 10.2. The summed E-state index contributed by atoms with van der Waals surface area (Å²) in [6, 6.07) is -0.185. The Kier molecular flexibility index (Phi) is 7.54. The Labute approximate surface area is 91.0 Å². The largest absolute Gasteiger partial charge is 0.380 e. The zero-order valence-electron chi connectivity index (χ0n) is 8.62. The lowest BCUT2D eigenvalue weighted by molar-refractivity contribution is 0.133. The summed E-state index contributed by atoms with van der Waals surface area (Å²) < 4.78 is 30.3. The molecule has 0 bridgehead atoms. The van der Waals surface area contributed by atoms with Gasteiger partial charge in [0.15, 0.2) is 0 Å². The van der Waals surface area contributed by atoms with Crippen LogP contribution < -0.4 is 4.72 Å². The Bertz CT molecular complexity index is 231. The first-order chi connectivity index (χ1) is 6.52. The number of nitrogens with one attached hydrogen (secondary N) is 1. The zero-order chi connectivity index (χ0) is 11.0. The Morgan fingerprint density at radius 1 is 1.50 bits per heavy atom. The van der Waals surface area contributed by atoms with E-state index in [-0.39, 0.29) is 11.8 Å². The highest BCUT2D eigenvalue weighted by atomic mass is 35.5. The highest BCUT2D eigenvalue weighted by molar-refractivity contribution is 7.89. The Morgan fingerprint density at radius 3 is 2.64 bits per heavy atom. The summed E-state index contributed by atoms with van der Waals surface area (Å²) in [5, 5.41) is 0. The standard InChI is InChI=1S/C8H18ClNO3S/c1-3-13-7-8(2)10-14(11,12)6-4-5-9/h8,10H,3-7H2,1-2H3. The van der Waals surface area contributed by atoms with Gasteiger partial charge in [-0.05, 0) is 20.3 Å². The molecule has 0 fully saturated rings. The number of hydrogen-bond donors (Lipinski definition) is 1. The van der Waals surface area contributed by atoms with Gasteiger partial charge in [-0.2, -0.15) is 0 Å². The molecule has 14 heavy (non-hydrogen) atoms. The van der Waals surface area contributed by atoms with Crippen LogP contribution in [0.15, 0.2) is 0 Å². The molecule has 4 nitrogen and oxygen atoms in total. The fraction of sp³-hybridized carbons (Fsp3) is 1.00. The number of hydrogen-bond acceptors (Lipinski definition) is 3. The molecule has 6 heteroatoms. The lowest BCUT2D eigenvalue weighted by Crippen LogP contribution is -2.37. The summed E-state index contributed by atoms with van der Waals surface area (Å²) >= 11 is 5.41. The van der Waals surface area contributed by atoms with Crippen LogP contribution in [-0.4, -0.2) is 39.3 Å². The number of rotatable bonds is 8. The van der Waals surface area contributed by atoms with E-state index in [1.165, 1.54) is 0 Å². The molecule has 0 aliphatic rings. The molecule has 1 unspecified atom stereocenters. The second kappa shape index (κ2) is 7.45. The highest BCUT2D eigenvalue weighted by Gasteiger charge is 2.13. The lowest BCUT2D eigenvalue weighted by atomic mass is 10.4. The molecule has 0 rings (SSSR count). The van der Waals surface area contributed by atoms with Crippen molar-refractivity contribution in [3.8, 4) is 0 Å². The van der Waals surface area contributed by atoms with Crippen LogP contribution in [0.2, 0.25) is 0 Å². The van der Waals surface area contributed by atoms with Gasteiger partial charge >= 0.3 is 0 Å². The van der Waals surface area contributed by atoms with Gasteiger partial charge in [0.1, 0.15) is 0 Å². The van der Waals surface area contributed by atoms with Crippen LogP contribution in [0.4, 0.5) is 0 Å². The maximum absolute atomic E-state index is 11.3. The molecular formula is C8H18ClNO3S. The molecule has 0 saturated carbocycles. The van der Waals surface area contributed by atoms with E-state index in [1.807, 2.05) is 6.92 Å². The average Bonchev–Trinajstić information content (AvgIpc) is 2.11. The summed E-state index contributed by atoms with van der Waals surface area (Å²) in [7, 11) is -3.19. The first kappa shape index (κ1) is 14.2. The van der Waals surface area contributed by atoms with Crippen LogP contribution in [0.1, 0.15) is 20.3 Å². The van der Waals surface area contributed by atoms with Gasteiger partial charge in [-0.25, -0.2) is 13.1 Å². The summed E-state index contributed by atoms with van der Waals surface area (Å²) in [5.74, 6) is 0.438. The van der Waals surface area contributed by atoms with E-state index in [1.54, 1.807) is 6.92 Å². The van der Waals surface area contributed by atoms with Crippen molar-refractivity contribution in [3.05, 3.63) is 0 Å². The van der Waals surface area contributed by atoms with E-state index in [4.69, 9.17) is 16.3 Å². The van der Waals surface area contributed by atoms with E-state index in [2.05, 4.69) is 4.72 Å². The molecule has 0 aliphatic heterocycles. The van der Waals surface area contributed by atoms with E-state index < -0.39 is 10.0 Å². The second-order valence-corrected chi connectivity index (χ2v) is 5.29. The third kappa shape index (κ3) is 7.55. The molecule has 0 spiro atoms. The minimum absolute atomic E-state index is 0.0764. The molecule has 1 N–H and O–H groups in total. The Morgan fingerprint density at radius 2 is 2.14 bits per heavy atom. The van der Waals surface area contributed by atoms with Gasteiger partial charge in [-0.1, -0.05) is 0 Å². The van der Waals surface area contributed by atoms with Crippen molar-refractivity contribution < 1.29 is 13.2 Å². The first-order valence-corrected chi connectivity index (χ1v) is 6.84. The van der Waals surface area contributed by atoms with Crippen molar-refractivity contribution in [1.82, 2.24) is 4.72 Å². The molecule has 0 saturated heterocycles. The normalized spacial score (nSPS) is 14.2. The lowest BCUT2D eigenvalue weighted by Gasteiger charge is -2.13. The fourth-order valence-corrected chi connectivity index (χ4v) is 2.55. The van der Waals surface area contributed by atoms with Crippen LogP contribution in [0.25, 0.3) is 0 Å². The van der Waals surface area contributed by atoms with E-state index in [0.29, 0.717) is 25.5 Å². The smallest absolute Gasteiger partial charge is 0.211 e. The number of sulfonamides is 1. The molecule has 0 heterocycles. The van der Waals surface area contributed by atoms with Gasteiger partial charge < -0.3 is 4.74 Å². The average molecular weight is 244 g/mol. The van der Waals surface area contributed by atoms with Crippen molar-refractivity contribution in [2.24, 2.45) is 0 Å². The molecule has 0 amide bonds.